The van der Waals surface area contributed by atoms with E-state index < -0.39 is 32.8 Å². The highest BCUT2D eigenvalue weighted by Gasteiger charge is 2.32. The van der Waals surface area contributed by atoms with Gasteiger partial charge in [0.25, 0.3) is 0 Å². The molecule has 0 amide bonds. The molecule has 0 atom stereocenters. The Morgan fingerprint density at radius 1 is 0.966 bits per heavy atom. The van der Waals surface area contributed by atoms with Gasteiger partial charge in [0.05, 0.1) is 0 Å². The van der Waals surface area contributed by atoms with E-state index in [1.54, 1.807) is 0 Å². The molecule has 0 bridgehead atoms. The van der Waals surface area contributed by atoms with Crippen molar-refractivity contribution in [3.05, 3.63) is 29.3 Å². The first-order valence-corrected chi connectivity index (χ1v) is 13.7. The first kappa shape index (κ1) is 22.6. The van der Waals surface area contributed by atoms with Crippen LogP contribution in [0.25, 0.3) is 0 Å². The van der Waals surface area contributed by atoms with E-state index in [2.05, 4.69) is 11.7 Å². The number of unbranched alkanes of at least 4 members (excludes halogenated alkanes) is 2. The summed E-state index contributed by atoms with van der Waals surface area (Å²) in [6, 6.07) is 4.84. The van der Waals surface area contributed by atoms with Gasteiger partial charge >= 0.3 is 6.61 Å². The molecule has 1 saturated heterocycles. The van der Waals surface area contributed by atoms with Crippen molar-refractivity contribution in [3.63, 3.8) is 0 Å². The highest BCUT2D eigenvalue weighted by atomic mass is 28.3. The van der Waals surface area contributed by atoms with Crippen molar-refractivity contribution in [2.75, 3.05) is 0 Å². The molecule has 2 fully saturated rings. The summed E-state index contributed by atoms with van der Waals surface area (Å²) in [5.41, 5.74) is 1.53. The SMILES string of the molecule is CCCCC[C@H]1CC[C@H]([SiH]2CCC(c3cc(F)c(OC(F)F)c(F)c3)CC2)CC1. The van der Waals surface area contributed by atoms with Gasteiger partial charge in [-0.15, -0.1) is 0 Å². The number of ether oxygens (including phenoxy) is 1. The zero-order valence-corrected chi connectivity index (χ0v) is 18.6. The molecule has 1 aromatic carbocycles. The van der Waals surface area contributed by atoms with Crippen molar-refractivity contribution in [2.45, 2.75) is 101 Å². The summed E-state index contributed by atoms with van der Waals surface area (Å²) in [5, 5.41) is 0. The molecule has 1 aliphatic heterocycles. The van der Waals surface area contributed by atoms with Crippen LogP contribution in [-0.2, 0) is 0 Å². The first-order valence-electron chi connectivity index (χ1n) is 11.4. The fraction of sp³-hybridized carbons (Fsp3) is 0.739. The van der Waals surface area contributed by atoms with Gasteiger partial charge in [-0.25, -0.2) is 8.78 Å². The lowest BCUT2D eigenvalue weighted by Crippen LogP contribution is -2.29. The summed E-state index contributed by atoms with van der Waals surface area (Å²) >= 11 is 0. The van der Waals surface area contributed by atoms with Crippen LogP contribution >= 0.6 is 0 Å². The zero-order valence-electron chi connectivity index (χ0n) is 17.4. The van der Waals surface area contributed by atoms with Gasteiger partial charge < -0.3 is 4.74 Å². The van der Waals surface area contributed by atoms with Crippen LogP contribution in [0.2, 0.25) is 17.6 Å². The van der Waals surface area contributed by atoms with E-state index in [0.717, 1.165) is 24.3 Å². The normalized spacial score (nSPS) is 27.9. The van der Waals surface area contributed by atoms with Crippen molar-refractivity contribution in [3.8, 4) is 5.75 Å². The van der Waals surface area contributed by atoms with Crippen LogP contribution in [0, 0.1) is 17.6 Å². The van der Waals surface area contributed by atoms with E-state index in [9.17, 15) is 17.6 Å². The third-order valence-corrected chi connectivity index (χ3v) is 11.4. The van der Waals surface area contributed by atoms with Gasteiger partial charge in [-0.05, 0) is 47.9 Å². The zero-order chi connectivity index (χ0) is 20.8. The van der Waals surface area contributed by atoms with Crippen LogP contribution in [0.4, 0.5) is 17.6 Å². The Bertz CT molecular complexity index is 615. The van der Waals surface area contributed by atoms with Gasteiger partial charge in [0.15, 0.2) is 17.4 Å². The molecule has 0 radical (unpaired) electrons. The number of halogens is 4. The van der Waals surface area contributed by atoms with Crippen molar-refractivity contribution < 1.29 is 22.3 Å². The molecule has 6 heteroatoms. The van der Waals surface area contributed by atoms with Crippen molar-refractivity contribution >= 4 is 8.80 Å². The average Bonchev–Trinajstić information content (AvgIpc) is 2.71. The maximum absolute atomic E-state index is 14.1. The second kappa shape index (κ2) is 10.8. The monoisotopic (exact) mass is 430 g/mol. The second-order valence-electron chi connectivity index (χ2n) is 9.08. The van der Waals surface area contributed by atoms with E-state index in [0.29, 0.717) is 5.56 Å². The third-order valence-electron chi connectivity index (χ3n) is 7.24. The van der Waals surface area contributed by atoms with E-state index >= 15 is 0 Å². The number of alkyl halides is 2. The Balaban J connectivity index is 1.48. The highest BCUT2D eigenvalue weighted by molar-refractivity contribution is 6.60. The summed E-state index contributed by atoms with van der Waals surface area (Å²) in [5.74, 6) is -1.96. The van der Waals surface area contributed by atoms with Crippen LogP contribution in [0.15, 0.2) is 12.1 Å². The Hall–Kier alpha value is -1.04. The second-order valence-corrected chi connectivity index (χ2v) is 12.7. The molecule has 1 saturated carbocycles. The van der Waals surface area contributed by atoms with E-state index in [4.69, 9.17) is 0 Å². The predicted molar refractivity (Wildman–Crippen MR) is 112 cm³/mol. The van der Waals surface area contributed by atoms with Crippen LogP contribution in [-0.4, -0.2) is 15.4 Å². The van der Waals surface area contributed by atoms with Crippen molar-refractivity contribution in [1.29, 1.82) is 0 Å². The third kappa shape index (κ3) is 6.22. The molecule has 1 aliphatic carbocycles. The molecular weight excluding hydrogens is 396 g/mol. The molecule has 3 rings (SSSR count). The smallest absolute Gasteiger partial charge is 0.387 e. The molecule has 0 N–H and O–H groups in total. The standard InChI is InChI=1S/C23H34F4OSi/c1-2-3-4-5-16-6-8-19(9-7-16)29-12-10-17(11-13-29)18-14-20(24)22(21(25)15-18)28-23(26)27/h14-17,19,23,29H,2-13H2,1H3/t16-,17?,19-,29?. The fourth-order valence-corrected chi connectivity index (χ4v) is 9.79. The topological polar surface area (TPSA) is 9.23 Å². The summed E-state index contributed by atoms with van der Waals surface area (Å²) < 4.78 is 56.7. The molecule has 0 unspecified atom stereocenters. The maximum Gasteiger partial charge on any atom is 0.387 e. The number of hydrogen-bond donors (Lipinski definition) is 0. The Kier molecular flexibility index (Phi) is 8.45. The summed E-state index contributed by atoms with van der Waals surface area (Å²) in [7, 11) is -0.796. The predicted octanol–water partition coefficient (Wildman–Crippen LogP) is 7.81. The molecular formula is C23H34F4OSi. The molecule has 1 heterocycles. The number of rotatable bonds is 8. The quantitative estimate of drug-likeness (QED) is 0.232. The Morgan fingerprint density at radius 2 is 1.59 bits per heavy atom. The van der Waals surface area contributed by atoms with Gasteiger partial charge in [-0.1, -0.05) is 70.4 Å². The van der Waals surface area contributed by atoms with Crippen molar-refractivity contribution in [1.82, 2.24) is 0 Å². The molecule has 29 heavy (non-hydrogen) atoms. The van der Waals surface area contributed by atoms with E-state index in [-0.39, 0.29) is 5.92 Å². The van der Waals surface area contributed by atoms with Gasteiger partial charge in [-0.2, -0.15) is 8.78 Å². The van der Waals surface area contributed by atoms with Crippen LogP contribution in [0.3, 0.4) is 0 Å². The first-order chi connectivity index (χ1) is 14.0. The Morgan fingerprint density at radius 3 is 2.14 bits per heavy atom. The summed E-state index contributed by atoms with van der Waals surface area (Å²) in [4.78, 5) is 0. The minimum Gasteiger partial charge on any atom is -0.429 e. The van der Waals surface area contributed by atoms with Crippen molar-refractivity contribution in [2.24, 2.45) is 5.92 Å². The van der Waals surface area contributed by atoms with Crippen LogP contribution in [0.1, 0.15) is 82.6 Å². The van der Waals surface area contributed by atoms with Gasteiger partial charge in [0.2, 0.25) is 0 Å². The van der Waals surface area contributed by atoms with Crippen LogP contribution in [0.5, 0.6) is 5.75 Å². The minimum absolute atomic E-state index is 0.133. The van der Waals surface area contributed by atoms with E-state index in [1.807, 2.05) is 0 Å². The number of hydrogen-bond acceptors (Lipinski definition) is 1. The maximum atomic E-state index is 14.1. The summed E-state index contributed by atoms with van der Waals surface area (Å²) in [6.07, 6.45) is 12.9. The fourth-order valence-electron chi connectivity index (χ4n) is 5.57. The Labute approximate surface area is 173 Å². The lowest BCUT2D eigenvalue weighted by Gasteiger charge is -2.37. The minimum atomic E-state index is -3.23. The molecule has 2 aliphatic rings. The van der Waals surface area contributed by atoms with Gasteiger partial charge in [-0.3, -0.25) is 0 Å². The average molecular weight is 431 g/mol. The molecule has 1 aromatic rings. The molecule has 1 nitrogen and oxygen atoms in total. The van der Waals surface area contributed by atoms with Crippen LogP contribution < -0.4 is 4.74 Å². The summed E-state index contributed by atoms with van der Waals surface area (Å²) in [6.45, 7) is -0.972. The lowest BCUT2D eigenvalue weighted by molar-refractivity contribution is -0.0546. The van der Waals surface area contributed by atoms with E-state index in [1.165, 1.54) is 75.6 Å². The molecule has 164 valence electrons. The lowest BCUT2D eigenvalue weighted by atomic mass is 9.85. The largest absolute Gasteiger partial charge is 0.429 e. The van der Waals surface area contributed by atoms with Gasteiger partial charge in [0, 0.05) is 8.80 Å². The molecule has 0 spiro atoms. The highest BCUT2D eigenvalue weighted by Crippen LogP contribution is 2.44. The number of benzene rings is 1. The van der Waals surface area contributed by atoms with Gasteiger partial charge in [0.1, 0.15) is 0 Å². The molecule has 0 aromatic heterocycles.